The first kappa shape index (κ1) is 11.0. The minimum absolute atomic E-state index is 0.000385. The van der Waals surface area contributed by atoms with Gasteiger partial charge in [-0.2, -0.15) is 0 Å². The summed E-state index contributed by atoms with van der Waals surface area (Å²) in [5, 5.41) is 19.0. The highest BCUT2D eigenvalue weighted by molar-refractivity contribution is 6.31. The third-order valence-electron chi connectivity index (χ3n) is 2.33. The SMILES string of the molecule is OCc1cccc(-c2cc(O)cc(Cl)c2)c1. The van der Waals surface area contributed by atoms with E-state index in [0.717, 1.165) is 16.7 Å². The van der Waals surface area contributed by atoms with Crippen LogP contribution in [0.5, 0.6) is 5.75 Å². The van der Waals surface area contributed by atoms with Crippen LogP contribution < -0.4 is 0 Å². The highest BCUT2D eigenvalue weighted by Crippen LogP contribution is 2.28. The van der Waals surface area contributed by atoms with Crippen LogP contribution in [0.2, 0.25) is 5.02 Å². The van der Waals surface area contributed by atoms with Gasteiger partial charge in [0.15, 0.2) is 0 Å². The van der Waals surface area contributed by atoms with Crippen LogP contribution in [0.4, 0.5) is 0 Å². The lowest BCUT2D eigenvalue weighted by molar-refractivity contribution is 0.282. The predicted molar refractivity (Wildman–Crippen MR) is 64.5 cm³/mol. The summed E-state index contributed by atoms with van der Waals surface area (Å²) < 4.78 is 0. The van der Waals surface area contributed by atoms with E-state index in [1.165, 1.54) is 6.07 Å². The summed E-state index contributed by atoms with van der Waals surface area (Å²) >= 11 is 5.86. The van der Waals surface area contributed by atoms with Gasteiger partial charge in [-0.3, -0.25) is 0 Å². The van der Waals surface area contributed by atoms with Crippen molar-refractivity contribution in [2.24, 2.45) is 0 Å². The first-order chi connectivity index (χ1) is 7.69. The van der Waals surface area contributed by atoms with Crippen LogP contribution in [0.3, 0.4) is 0 Å². The van der Waals surface area contributed by atoms with E-state index in [1.807, 2.05) is 24.3 Å². The van der Waals surface area contributed by atoms with Crippen LogP contribution in [0.25, 0.3) is 11.1 Å². The molecule has 3 heteroatoms. The van der Waals surface area contributed by atoms with E-state index < -0.39 is 0 Å². The lowest BCUT2D eigenvalue weighted by Crippen LogP contribution is -1.84. The van der Waals surface area contributed by atoms with Crippen molar-refractivity contribution in [3.8, 4) is 16.9 Å². The number of phenolic OH excluding ortho intramolecular Hbond substituents is 1. The van der Waals surface area contributed by atoms with Gasteiger partial charge in [0, 0.05) is 5.02 Å². The molecule has 82 valence electrons. The Morgan fingerprint density at radius 3 is 2.50 bits per heavy atom. The largest absolute Gasteiger partial charge is 0.508 e. The average Bonchev–Trinajstić information content (AvgIpc) is 2.28. The molecule has 16 heavy (non-hydrogen) atoms. The molecule has 2 rings (SSSR count). The fourth-order valence-electron chi connectivity index (χ4n) is 1.59. The van der Waals surface area contributed by atoms with Crippen LogP contribution in [0.15, 0.2) is 42.5 Å². The van der Waals surface area contributed by atoms with E-state index in [-0.39, 0.29) is 12.4 Å². The first-order valence-electron chi connectivity index (χ1n) is 4.89. The van der Waals surface area contributed by atoms with Crippen LogP contribution in [0.1, 0.15) is 5.56 Å². The Bertz CT molecular complexity index is 489. The third-order valence-corrected chi connectivity index (χ3v) is 2.54. The molecule has 2 aromatic rings. The molecule has 0 bridgehead atoms. The van der Waals surface area contributed by atoms with E-state index in [2.05, 4.69) is 0 Å². The molecule has 0 aromatic heterocycles. The Morgan fingerprint density at radius 2 is 1.81 bits per heavy atom. The van der Waals surface area contributed by atoms with Gasteiger partial charge >= 0.3 is 0 Å². The normalized spacial score (nSPS) is 10.4. The second-order valence-corrected chi connectivity index (χ2v) is 3.99. The summed E-state index contributed by atoms with van der Waals surface area (Å²) in [6.07, 6.45) is 0. The smallest absolute Gasteiger partial charge is 0.117 e. The van der Waals surface area contributed by atoms with Crippen LogP contribution in [0, 0.1) is 0 Å². The van der Waals surface area contributed by atoms with Crippen molar-refractivity contribution in [1.29, 1.82) is 0 Å². The summed E-state index contributed by atoms with van der Waals surface area (Å²) in [5.74, 6) is 0.136. The molecule has 0 unspecified atom stereocenters. The number of benzene rings is 2. The van der Waals surface area contributed by atoms with Crippen molar-refractivity contribution in [1.82, 2.24) is 0 Å². The summed E-state index contributed by atoms with van der Waals surface area (Å²) in [4.78, 5) is 0. The highest BCUT2D eigenvalue weighted by Gasteiger charge is 2.02. The lowest BCUT2D eigenvalue weighted by Gasteiger charge is -2.05. The zero-order valence-electron chi connectivity index (χ0n) is 8.52. The van der Waals surface area contributed by atoms with Crippen LogP contribution in [-0.4, -0.2) is 10.2 Å². The summed E-state index contributed by atoms with van der Waals surface area (Å²) in [7, 11) is 0. The molecule has 0 radical (unpaired) electrons. The number of aliphatic hydroxyl groups excluding tert-OH is 1. The zero-order valence-corrected chi connectivity index (χ0v) is 9.28. The van der Waals surface area contributed by atoms with Crippen molar-refractivity contribution in [3.63, 3.8) is 0 Å². The molecule has 2 aromatic carbocycles. The Hall–Kier alpha value is -1.51. The first-order valence-corrected chi connectivity index (χ1v) is 5.26. The molecule has 0 aliphatic rings. The molecule has 0 fully saturated rings. The number of hydrogen-bond donors (Lipinski definition) is 2. The van der Waals surface area contributed by atoms with E-state index in [4.69, 9.17) is 16.7 Å². The summed E-state index contributed by atoms with van der Waals surface area (Å²) in [6, 6.07) is 12.4. The summed E-state index contributed by atoms with van der Waals surface area (Å²) in [5.41, 5.74) is 2.58. The summed E-state index contributed by atoms with van der Waals surface area (Å²) in [6.45, 7) is 0.000385. The maximum atomic E-state index is 9.45. The molecule has 2 N–H and O–H groups in total. The Morgan fingerprint density at radius 1 is 1.00 bits per heavy atom. The maximum Gasteiger partial charge on any atom is 0.117 e. The topological polar surface area (TPSA) is 40.5 Å². The molecule has 0 saturated heterocycles. The van der Waals surface area contributed by atoms with Crippen molar-refractivity contribution in [3.05, 3.63) is 53.1 Å². The van der Waals surface area contributed by atoms with Gasteiger partial charge in [-0.25, -0.2) is 0 Å². The molecule has 2 nitrogen and oxygen atoms in total. The molecule has 0 aliphatic carbocycles. The Balaban J connectivity index is 2.49. The van der Waals surface area contributed by atoms with Crippen molar-refractivity contribution in [2.75, 3.05) is 0 Å². The molecule has 0 saturated carbocycles. The van der Waals surface area contributed by atoms with E-state index >= 15 is 0 Å². The number of rotatable bonds is 2. The zero-order chi connectivity index (χ0) is 11.5. The van der Waals surface area contributed by atoms with Gasteiger partial charge in [0.2, 0.25) is 0 Å². The third kappa shape index (κ3) is 2.35. The van der Waals surface area contributed by atoms with E-state index in [9.17, 15) is 5.11 Å². The van der Waals surface area contributed by atoms with Crippen LogP contribution in [-0.2, 0) is 6.61 Å². The van der Waals surface area contributed by atoms with Gasteiger partial charge in [-0.05, 0) is 41.0 Å². The number of phenols is 1. The molecule has 0 spiro atoms. The molecular formula is C13H11ClO2. The maximum absolute atomic E-state index is 9.45. The molecule has 0 aliphatic heterocycles. The molecular weight excluding hydrogens is 224 g/mol. The van der Waals surface area contributed by atoms with Gasteiger partial charge in [0.05, 0.1) is 6.61 Å². The number of hydrogen-bond acceptors (Lipinski definition) is 2. The van der Waals surface area contributed by atoms with Gasteiger partial charge in [-0.15, -0.1) is 0 Å². The number of halogens is 1. The van der Waals surface area contributed by atoms with Crippen LogP contribution >= 0.6 is 11.6 Å². The monoisotopic (exact) mass is 234 g/mol. The van der Waals surface area contributed by atoms with E-state index in [1.54, 1.807) is 12.1 Å². The van der Waals surface area contributed by atoms with Crippen molar-refractivity contribution >= 4 is 11.6 Å². The molecule has 0 amide bonds. The second-order valence-electron chi connectivity index (χ2n) is 3.56. The van der Waals surface area contributed by atoms with Gasteiger partial charge < -0.3 is 10.2 Å². The molecule has 0 atom stereocenters. The van der Waals surface area contributed by atoms with Crippen molar-refractivity contribution < 1.29 is 10.2 Å². The lowest BCUT2D eigenvalue weighted by atomic mass is 10.0. The van der Waals surface area contributed by atoms with Gasteiger partial charge in [-0.1, -0.05) is 29.8 Å². The fraction of sp³-hybridized carbons (Fsp3) is 0.0769. The predicted octanol–water partition coefficient (Wildman–Crippen LogP) is 3.20. The minimum Gasteiger partial charge on any atom is -0.508 e. The van der Waals surface area contributed by atoms with Gasteiger partial charge in [0.25, 0.3) is 0 Å². The molecule has 0 heterocycles. The number of aliphatic hydroxyl groups is 1. The fourth-order valence-corrected chi connectivity index (χ4v) is 1.82. The Kier molecular flexibility index (Phi) is 3.13. The quantitative estimate of drug-likeness (QED) is 0.838. The van der Waals surface area contributed by atoms with Gasteiger partial charge in [0.1, 0.15) is 5.75 Å². The minimum atomic E-state index is 0.000385. The highest BCUT2D eigenvalue weighted by atomic mass is 35.5. The Labute approximate surface area is 98.7 Å². The standard InChI is InChI=1S/C13H11ClO2/c14-12-5-11(6-13(16)7-12)10-3-1-2-9(4-10)8-15/h1-7,15-16H,8H2. The van der Waals surface area contributed by atoms with Crippen molar-refractivity contribution in [2.45, 2.75) is 6.61 Å². The second kappa shape index (κ2) is 4.56. The number of aromatic hydroxyl groups is 1. The van der Waals surface area contributed by atoms with E-state index in [0.29, 0.717) is 5.02 Å². The average molecular weight is 235 g/mol.